The maximum absolute atomic E-state index is 11.0. The summed E-state index contributed by atoms with van der Waals surface area (Å²) in [6.07, 6.45) is 2.32. The zero-order valence-electron chi connectivity index (χ0n) is 9.40. The highest BCUT2D eigenvalue weighted by Gasteiger charge is 2.26. The number of aliphatic hydroxyl groups excluding tert-OH is 1. The molecule has 0 fully saturated rings. The smallest absolute Gasteiger partial charge is 0.229 e. The van der Waals surface area contributed by atoms with E-state index in [-0.39, 0.29) is 18.0 Å². The Morgan fingerprint density at radius 3 is 2.44 bits per heavy atom. The van der Waals surface area contributed by atoms with Crippen LogP contribution in [0.1, 0.15) is 35.7 Å². The van der Waals surface area contributed by atoms with Crippen molar-refractivity contribution in [2.45, 2.75) is 26.2 Å². The Hall–Kier alpha value is -1.48. The lowest BCUT2D eigenvalue weighted by atomic mass is 10.1. The van der Waals surface area contributed by atoms with Gasteiger partial charge in [-0.1, -0.05) is 37.6 Å². The molecule has 3 nitrogen and oxygen atoms in total. The summed E-state index contributed by atoms with van der Waals surface area (Å²) < 4.78 is 0. The normalized spacial score (nSPS) is 13.1. The number of carbonyl (C=O) groups excluding carboxylic acids is 2. The van der Waals surface area contributed by atoms with Gasteiger partial charge in [-0.2, -0.15) is 0 Å². The number of benzene rings is 1. The van der Waals surface area contributed by atoms with E-state index in [4.69, 9.17) is 5.11 Å². The summed E-state index contributed by atoms with van der Waals surface area (Å²) in [5.41, 5.74) is 1.44. The molecule has 0 saturated carbocycles. The number of aliphatic hydroxyl groups is 1. The van der Waals surface area contributed by atoms with Crippen LogP contribution >= 0.6 is 0 Å². The molecule has 1 aromatic carbocycles. The van der Waals surface area contributed by atoms with Gasteiger partial charge in [0.05, 0.1) is 0 Å². The fraction of sp³-hybridized carbons (Fsp3) is 0.385. The van der Waals surface area contributed by atoms with Crippen molar-refractivity contribution in [2.75, 3.05) is 6.61 Å². The summed E-state index contributed by atoms with van der Waals surface area (Å²) in [6.45, 7) is 2.40. The van der Waals surface area contributed by atoms with Crippen LogP contribution in [0.25, 0.3) is 0 Å². The Morgan fingerprint density at radius 1 is 1.25 bits per heavy atom. The lowest BCUT2D eigenvalue weighted by Crippen LogP contribution is -2.05. The van der Waals surface area contributed by atoms with E-state index < -0.39 is 0 Å². The molecule has 0 unspecified atom stereocenters. The Balaban J connectivity index is 0.000000221. The highest BCUT2D eigenvalue weighted by molar-refractivity contribution is 6.47. The van der Waals surface area contributed by atoms with Crippen LogP contribution in [-0.4, -0.2) is 23.3 Å². The minimum Gasteiger partial charge on any atom is -0.396 e. The summed E-state index contributed by atoms with van der Waals surface area (Å²) in [5, 5.41) is 8.07. The number of Topliss-reactive ketones (excluding diaryl/α,β-unsaturated/α-hetero) is 2. The van der Waals surface area contributed by atoms with Gasteiger partial charge in [0.1, 0.15) is 0 Å². The molecule has 0 radical (unpaired) electrons. The van der Waals surface area contributed by atoms with Crippen LogP contribution in [0, 0.1) is 0 Å². The Kier molecular flexibility index (Phi) is 4.86. The number of unbranched alkanes of at least 4 members (excludes halogenated alkanes) is 1. The minimum atomic E-state index is -0.333. The third kappa shape index (κ3) is 3.00. The van der Waals surface area contributed by atoms with E-state index in [0.717, 1.165) is 18.4 Å². The van der Waals surface area contributed by atoms with E-state index in [0.29, 0.717) is 12.2 Å². The summed E-state index contributed by atoms with van der Waals surface area (Å²) >= 11 is 0. The van der Waals surface area contributed by atoms with Crippen molar-refractivity contribution in [1.82, 2.24) is 0 Å². The summed E-state index contributed by atoms with van der Waals surface area (Å²) in [4.78, 5) is 21.9. The summed E-state index contributed by atoms with van der Waals surface area (Å²) in [5.74, 6) is -0.619. The average Bonchev–Trinajstić information content (AvgIpc) is 2.58. The molecule has 86 valence electrons. The first-order valence-corrected chi connectivity index (χ1v) is 5.47. The summed E-state index contributed by atoms with van der Waals surface area (Å²) in [7, 11) is 0. The molecule has 16 heavy (non-hydrogen) atoms. The lowest BCUT2D eigenvalue weighted by Gasteiger charge is -1.90. The largest absolute Gasteiger partial charge is 0.396 e. The predicted octanol–water partition coefficient (Wildman–Crippen LogP) is 1.77. The quantitative estimate of drug-likeness (QED) is 0.773. The van der Waals surface area contributed by atoms with Crippen molar-refractivity contribution in [3.05, 3.63) is 35.4 Å². The van der Waals surface area contributed by atoms with Crippen LogP contribution in [-0.2, 0) is 11.2 Å². The molecule has 1 aliphatic rings. The second-order valence-corrected chi connectivity index (χ2v) is 3.66. The first kappa shape index (κ1) is 12.6. The molecule has 0 spiro atoms. The van der Waals surface area contributed by atoms with E-state index in [1.165, 1.54) is 0 Å². The Labute approximate surface area is 95.1 Å². The number of fused-ring (bicyclic) bond motifs is 1. The number of ketones is 2. The monoisotopic (exact) mass is 220 g/mol. The molecule has 3 heteroatoms. The third-order valence-electron chi connectivity index (χ3n) is 2.38. The van der Waals surface area contributed by atoms with Crippen LogP contribution < -0.4 is 0 Å². The molecule has 1 N–H and O–H groups in total. The second-order valence-electron chi connectivity index (χ2n) is 3.66. The predicted molar refractivity (Wildman–Crippen MR) is 61.5 cm³/mol. The van der Waals surface area contributed by atoms with Crippen molar-refractivity contribution in [3.8, 4) is 0 Å². The standard InChI is InChI=1S/C9H6O2.C4H10O/c10-8-5-6-3-1-2-4-7(6)9(8)11;1-2-3-4-5/h1-4H,5H2;5H,2-4H2,1H3. The maximum atomic E-state index is 11.0. The molecule has 0 atom stereocenters. The van der Waals surface area contributed by atoms with Crippen molar-refractivity contribution in [3.63, 3.8) is 0 Å². The molecule has 0 aliphatic heterocycles. The third-order valence-corrected chi connectivity index (χ3v) is 2.38. The highest BCUT2D eigenvalue weighted by Crippen LogP contribution is 2.18. The van der Waals surface area contributed by atoms with Gasteiger partial charge < -0.3 is 5.11 Å². The van der Waals surface area contributed by atoms with Crippen LogP contribution in [0.2, 0.25) is 0 Å². The van der Waals surface area contributed by atoms with Crippen LogP contribution in [0.5, 0.6) is 0 Å². The topological polar surface area (TPSA) is 54.4 Å². The van der Waals surface area contributed by atoms with Crippen LogP contribution in [0.15, 0.2) is 24.3 Å². The van der Waals surface area contributed by atoms with Gasteiger partial charge in [0.15, 0.2) is 0 Å². The van der Waals surface area contributed by atoms with Gasteiger partial charge in [-0.25, -0.2) is 0 Å². The van der Waals surface area contributed by atoms with Gasteiger partial charge in [0.2, 0.25) is 11.6 Å². The minimum absolute atomic E-state index is 0.286. The van der Waals surface area contributed by atoms with Gasteiger partial charge in [-0.05, 0) is 12.0 Å². The first-order chi connectivity index (χ1) is 7.70. The van der Waals surface area contributed by atoms with Gasteiger partial charge in [-0.15, -0.1) is 0 Å². The van der Waals surface area contributed by atoms with Crippen molar-refractivity contribution < 1.29 is 14.7 Å². The van der Waals surface area contributed by atoms with E-state index in [1.54, 1.807) is 12.1 Å². The maximum Gasteiger partial charge on any atom is 0.229 e. The fourth-order valence-electron chi connectivity index (χ4n) is 1.46. The number of carbonyl (C=O) groups is 2. The molecule has 1 aliphatic carbocycles. The molecule has 0 saturated heterocycles. The molecule has 2 rings (SSSR count). The van der Waals surface area contributed by atoms with Gasteiger partial charge in [0.25, 0.3) is 0 Å². The SMILES string of the molecule is CCCCO.O=C1Cc2ccccc2C1=O. The molecular formula is C13H16O3. The first-order valence-electron chi connectivity index (χ1n) is 5.47. The Bertz CT molecular complexity index is 381. The molecule has 0 bridgehead atoms. The second kappa shape index (κ2) is 6.18. The fourth-order valence-corrected chi connectivity index (χ4v) is 1.46. The molecular weight excluding hydrogens is 204 g/mol. The van der Waals surface area contributed by atoms with E-state index in [2.05, 4.69) is 6.92 Å². The van der Waals surface area contributed by atoms with Gasteiger partial charge >= 0.3 is 0 Å². The highest BCUT2D eigenvalue weighted by atomic mass is 16.2. The Morgan fingerprint density at radius 2 is 1.94 bits per heavy atom. The zero-order valence-corrected chi connectivity index (χ0v) is 9.40. The molecule has 0 aromatic heterocycles. The van der Waals surface area contributed by atoms with Crippen molar-refractivity contribution >= 4 is 11.6 Å². The number of rotatable bonds is 2. The molecule has 0 heterocycles. The van der Waals surface area contributed by atoms with E-state index in [9.17, 15) is 9.59 Å². The summed E-state index contributed by atoms with van der Waals surface area (Å²) in [6, 6.07) is 7.13. The molecule has 0 amide bonds. The zero-order chi connectivity index (χ0) is 12.0. The van der Waals surface area contributed by atoms with E-state index >= 15 is 0 Å². The van der Waals surface area contributed by atoms with Gasteiger partial charge in [-0.3, -0.25) is 9.59 Å². The van der Waals surface area contributed by atoms with Crippen molar-refractivity contribution in [2.24, 2.45) is 0 Å². The number of hydrogen-bond acceptors (Lipinski definition) is 3. The lowest BCUT2D eigenvalue weighted by molar-refractivity contribution is -0.114. The van der Waals surface area contributed by atoms with Crippen LogP contribution in [0.3, 0.4) is 0 Å². The molecule has 1 aromatic rings. The van der Waals surface area contributed by atoms with Crippen LogP contribution in [0.4, 0.5) is 0 Å². The van der Waals surface area contributed by atoms with E-state index in [1.807, 2.05) is 12.1 Å². The van der Waals surface area contributed by atoms with Gasteiger partial charge in [0, 0.05) is 18.6 Å². The van der Waals surface area contributed by atoms with Crippen molar-refractivity contribution in [1.29, 1.82) is 0 Å². The average molecular weight is 220 g/mol. The number of hydrogen-bond donors (Lipinski definition) is 1.